The number of phenolic OH excluding ortho intramolecular Hbond substituents is 1. The van der Waals surface area contributed by atoms with Crippen LogP contribution in [0.1, 0.15) is 22.7 Å². The summed E-state index contributed by atoms with van der Waals surface area (Å²) in [4.78, 5) is 27.9. The van der Waals surface area contributed by atoms with Crippen LogP contribution < -0.4 is 4.90 Å². The van der Waals surface area contributed by atoms with Gasteiger partial charge in [-0.3, -0.25) is 14.5 Å². The van der Waals surface area contributed by atoms with Crippen LogP contribution in [-0.2, 0) is 15.3 Å². The molecule has 0 saturated carbocycles. The van der Waals surface area contributed by atoms with Gasteiger partial charge in [-0.25, -0.2) is 0 Å². The molecule has 1 aromatic heterocycles. The lowest BCUT2D eigenvalue weighted by atomic mass is 9.95. The van der Waals surface area contributed by atoms with Crippen molar-refractivity contribution >= 4 is 69.2 Å². The molecule has 4 aromatic rings. The number of amides is 1. The third-order valence-corrected chi connectivity index (χ3v) is 8.57. The molecule has 0 spiro atoms. The van der Waals surface area contributed by atoms with Gasteiger partial charge in [0.05, 0.1) is 11.6 Å². The highest BCUT2D eigenvalue weighted by Gasteiger charge is 2.45. The Hall–Kier alpha value is -3.63. The van der Waals surface area contributed by atoms with E-state index in [0.29, 0.717) is 25.7 Å². The van der Waals surface area contributed by atoms with E-state index in [-0.39, 0.29) is 16.5 Å². The van der Waals surface area contributed by atoms with Gasteiger partial charge in [0.25, 0.3) is 5.91 Å². The van der Waals surface area contributed by atoms with E-state index in [1.54, 1.807) is 30.3 Å². The molecule has 0 aliphatic carbocycles. The summed E-state index contributed by atoms with van der Waals surface area (Å²) in [7, 11) is 0. The van der Waals surface area contributed by atoms with E-state index in [4.69, 9.17) is 23.2 Å². The summed E-state index contributed by atoms with van der Waals surface area (Å²) in [5, 5.41) is 30.3. The lowest BCUT2D eigenvalue weighted by Crippen LogP contribution is -2.30. The first kappa shape index (κ1) is 27.0. The van der Waals surface area contributed by atoms with Crippen molar-refractivity contribution in [1.82, 2.24) is 10.2 Å². The van der Waals surface area contributed by atoms with Crippen LogP contribution in [0.2, 0.25) is 10.0 Å². The molecule has 2 N–H and O–H groups in total. The van der Waals surface area contributed by atoms with Gasteiger partial charge in [0.2, 0.25) is 5.13 Å². The summed E-state index contributed by atoms with van der Waals surface area (Å²) in [5.74, 6) is -1.43. The lowest BCUT2D eigenvalue weighted by molar-refractivity contribution is -0.117. The Bertz CT molecular complexity index is 1600. The Kier molecular flexibility index (Phi) is 8.04. The molecular weight excluding hydrogens is 577 g/mol. The Labute approximate surface area is 242 Å². The second-order valence-corrected chi connectivity index (χ2v) is 11.4. The molecule has 1 unspecified atom stereocenters. The Morgan fingerprint density at radius 3 is 2.49 bits per heavy atom. The first-order valence-corrected chi connectivity index (χ1v) is 14.1. The number of hydrogen-bond donors (Lipinski definition) is 2. The van der Waals surface area contributed by atoms with Crippen LogP contribution in [-0.4, -0.2) is 32.1 Å². The minimum atomic E-state index is -0.970. The number of anilines is 1. The van der Waals surface area contributed by atoms with Gasteiger partial charge in [0.1, 0.15) is 5.75 Å². The van der Waals surface area contributed by atoms with E-state index in [2.05, 4.69) is 10.2 Å². The summed E-state index contributed by atoms with van der Waals surface area (Å²) in [6.45, 7) is 0. The number of nitrogens with zero attached hydrogens (tertiary/aromatic N) is 3. The van der Waals surface area contributed by atoms with E-state index in [1.165, 1.54) is 34.9 Å². The molecule has 1 aliphatic rings. The van der Waals surface area contributed by atoms with Crippen molar-refractivity contribution in [3.8, 4) is 5.75 Å². The fourth-order valence-corrected chi connectivity index (χ4v) is 6.41. The van der Waals surface area contributed by atoms with Crippen LogP contribution in [0.25, 0.3) is 6.08 Å². The molecule has 1 atom stereocenters. The number of rotatable bonds is 8. The Morgan fingerprint density at radius 2 is 1.77 bits per heavy atom. The van der Waals surface area contributed by atoms with Gasteiger partial charge >= 0.3 is 0 Å². The fraction of sp³-hybridized carbons (Fsp3) is 0.0714. The van der Waals surface area contributed by atoms with Crippen molar-refractivity contribution in [2.24, 2.45) is 0 Å². The van der Waals surface area contributed by atoms with E-state index in [9.17, 15) is 19.8 Å². The predicted octanol–water partition coefficient (Wildman–Crippen LogP) is 7.03. The van der Waals surface area contributed by atoms with Gasteiger partial charge in [0, 0.05) is 15.8 Å². The zero-order valence-corrected chi connectivity index (χ0v) is 23.1. The van der Waals surface area contributed by atoms with E-state index in [0.717, 1.165) is 22.5 Å². The molecule has 0 fully saturated rings. The predicted molar refractivity (Wildman–Crippen MR) is 154 cm³/mol. The monoisotopic (exact) mass is 595 g/mol. The average Bonchev–Trinajstić information content (AvgIpc) is 3.50. The standard InChI is InChI=1S/C28H19Cl2N3O4S2/c29-19-10-7-18(21(30)14-19)15-38-28-32-31-27(39-28)33-24(17-8-11-20(34)12-9-17)23(25(36)26(33)37)22(35)13-6-16-4-2-1-3-5-16/h1-14,24,34,36H,15H2. The van der Waals surface area contributed by atoms with Gasteiger partial charge in [-0.15, -0.1) is 10.2 Å². The molecular formula is C28H19Cl2N3O4S2. The van der Waals surface area contributed by atoms with Crippen molar-refractivity contribution in [1.29, 1.82) is 0 Å². The quantitative estimate of drug-likeness (QED) is 0.128. The molecule has 2 heterocycles. The fourth-order valence-electron chi connectivity index (χ4n) is 3.99. The van der Waals surface area contributed by atoms with Crippen LogP contribution in [0.5, 0.6) is 5.75 Å². The molecule has 1 amide bonds. The molecule has 0 saturated heterocycles. The van der Waals surface area contributed by atoms with Crippen LogP contribution in [0.15, 0.2) is 94.5 Å². The maximum atomic E-state index is 13.3. The van der Waals surface area contributed by atoms with Gasteiger partial charge in [0.15, 0.2) is 15.9 Å². The largest absolute Gasteiger partial charge is 0.508 e. The number of aliphatic hydroxyl groups is 1. The lowest BCUT2D eigenvalue weighted by Gasteiger charge is -2.23. The number of hydrogen-bond acceptors (Lipinski definition) is 8. The number of aromatic nitrogens is 2. The number of carbonyl (C=O) groups is 2. The summed E-state index contributed by atoms with van der Waals surface area (Å²) in [6.07, 6.45) is 2.94. The molecule has 39 heavy (non-hydrogen) atoms. The van der Waals surface area contributed by atoms with Crippen LogP contribution in [0.4, 0.5) is 5.13 Å². The Balaban J connectivity index is 1.45. The van der Waals surface area contributed by atoms with E-state index in [1.807, 2.05) is 36.4 Å². The highest BCUT2D eigenvalue weighted by atomic mass is 35.5. The molecule has 11 heteroatoms. The maximum Gasteiger partial charge on any atom is 0.296 e. The average molecular weight is 597 g/mol. The zero-order chi connectivity index (χ0) is 27.5. The van der Waals surface area contributed by atoms with Gasteiger partial charge in [-0.1, -0.05) is 101 Å². The number of aliphatic hydroxyl groups excluding tert-OH is 1. The number of allylic oxidation sites excluding steroid dienone is 1. The number of halogens is 2. The van der Waals surface area contributed by atoms with Gasteiger partial charge in [-0.05, 0) is 47.0 Å². The van der Waals surface area contributed by atoms with Crippen LogP contribution in [0, 0.1) is 0 Å². The minimum absolute atomic E-state index is 0.0233. The smallest absolute Gasteiger partial charge is 0.296 e. The third-order valence-electron chi connectivity index (χ3n) is 5.88. The first-order chi connectivity index (χ1) is 18.8. The molecule has 3 aromatic carbocycles. The third kappa shape index (κ3) is 5.86. The first-order valence-electron chi connectivity index (χ1n) is 11.5. The van der Waals surface area contributed by atoms with E-state index >= 15 is 0 Å². The number of carbonyl (C=O) groups excluding carboxylic acids is 2. The number of phenols is 1. The summed E-state index contributed by atoms with van der Waals surface area (Å²) in [5.41, 5.74) is 2.08. The van der Waals surface area contributed by atoms with E-state index < -0.39 is 23.5 Å². The van der Waals surface area contributed by atoms with Gasteiger partial charge < -0.3 is 10.2 Å². The van der Waals surface area contributed by atoms with Crippen molar-refractivity contribution in [3.05, 3.63) is 117 Å². The van der Waals surface area contributed by atoms with Crippen LogP contribution >= 0.6 is 46.3 Å². The number of benzene rings is 3. The normalized spacial score (nSPS) is 15.5. The maximum absolute atomic E-state index is 13.3. The molecule has 7 nitrogen and oxygen atoms in total. The summed E-state index contributed by atoms with van der Waals surface area (Å²) >= 11 is 14.8. The van der Waals surface area contributed by atoms with Crippen LogP contribution in [0.3, 0.4) is 0 Å². The highest BCUT2D eigenvalue weighted by molar-refractivity contribution is 8.00. The number of thioether (sulfide) groups is 1. The Morgan fingerprint density at radius 1 is 1.03 bits per heavy atom. The number of ketones is 1. The van der Waals surface area contributed by atoms with Crippen molar-refractivity contribution in [2.45, 2.75) is 16.1 Å². The molecule has 5 rings (SSSR count). The highest BCUT2D eigenvalue weighted by Crippen LogP contribution is 2.43. The second kappa shape index (κ2) is 11.6. The van der Waals surface area contributed by atoms with Crippen molar-refractivity contribution < 1.29 is 19.8 Å². The van der Waals surface area contributed by atoms with Crippen molar-refractivity contribution in [3.63, 3.8) is 0 Å². The molecule has 0 bridgehead atoms. The van der Waals surface area contributed by atoms with Crippen molar-refractivity contribution in [2.75, 3.05) is 4.90 Å². The summed E-state index contributed by atoms with van der Waals surface area (Å²) < 4.78 is 0.566. The number of aromatic hydroxyl groups is 1. The molecule has 1 aliphatic heterocycles. The topological polar surface area (TPSA) is 104 Å². The van der Waals surface area contributed by atoms with Gasteiger partial charge in [-0.2, -0.15) is 0 Å². The molecule has 196 valence electrons. The second-order valence-electron chi connectivity index (χ2n) is 8.41. The minimum Gasteiger partial charge on any atom is -0.508 e. The zero-order valence-electron chi connectivity index (χ0n) is 20.0. The SMILES string of the molecule is O=C(C=Cc1ccccc1)C1=C(O)C(=O)N(c2nnc(SCc3ccc(Cl)cc3Cl)s2)C1c1ccc(O)cc1. The summed E-state index contributed by atoms with van der Waals surface area (Å²) in [6, 6.07) is 19.6. The molecule has 0 radical (unpaired) electrons.